The first-order valence-corrected chi connectivity index (χ1v) is 5.63. The zero-order valence-corrected chi connectivity index (χ0v) is 10.3. The third kappa shape index (κ3) is 2.93. The smallest absolute Gasteiger partial charge is 0.106 e. The number of hydrogen-bond acceptors (Lipinski definition) is 2. The van der Waals surface area contributed by atoms with Gasteiger partial charge >= 0.3 is 0 Å². The Bertz CT molecular complexity index is 361. The van der Waals surface area contributed by atoms with Gasteiger partial charge in [0.05, 0.1) is 0 Å². The molecule has 1 unspecified atom stereocenters. The summed E-state index contributed by atoms with van der Waals surface area (Å²) in [7, 11) is 0. The number of thiocarbonyl (C=S) groups is 1. The van der Waals surface area contributed by atoms with Crippen LogP contribution in [0.5, 0.6) is 0 Å². The Morgan fingerprint density at radius 2 is 2.20 bits per heavy atom. The van der Waals surface area contributed by atoms with E-state index in [1.807, 2.05) is 12.1 Å². The Hall–Kier alpha value is -1.09. The van der Waals surface area contributed by atoms with Gasteiger partial charge in [0.25, 0.3) is 0 Å². The molecule has 1 aromatic carbocycles. The summed E-state index contributed by atoms with van der Waals surface area (Å²) < 4.78 is 0. The van der Waals surface area contributed by atoms with Crippen LogP contribution in [0.2, 0.25) is 0 Å². The monoisotopic (exact) mass is 222 g/mol. The Morgan fingerprint density at radius 3 is 2.73 bits per heavy atom. The predicted molar refractivity (Wildman–Crippen MR) is 70.4 cm³/mol. The minimum atomic E-state index is 0.430. The van der Waals surface area contributed by atoms with Gasteiger partial charge in [-0.25, -0.2) is 0 Å². The van der Waals surface area contributed by atoms with Gasteiger partial charge < -0.3 is 11.1 Å². The molecule has 0 saturated carbocycles. The van der Waals surface area contributed by atoms with E-state index < -0.39 is 0 Å². The van der Waals surface area contributed by atoms with Gasteiger partial charge in [0.2, 0.25) is 0 Å². The summed E-state index contributed by atoms with van der Waals surface area (Å²) in [5, 5.41) is 3.44. The standard InChI is InChI=1S/C12H18N2S/c1-4-9(3)14-11-8(2)6-5-7-10(11)12(13)15/h5-7,9,14H,4H2,1-3H3,(H2,13,15). The highest BCUT2D eigenvalue weighted by atomic mass is 32.1. The number of aryl methyl sites for hydroxylation is 1. The number of hydrogen-bond donors (Lipinski definition) is 2. The molecule has 1 atom stereocenters. The van der Waals surface area contributed by atoms with Crippen LogP contribution < -0.4 is 11.1 Å². The Morgan fingerprint density at radius 1 is 1.53 bits per heavy atom. The van der Waals surface area contributed by atoms with E-state index >= 15 is 0 Å². The van der Waals surface area contributed by atoms with Crippen molar-refractivity contribution in [2.45, 2.75) is 33.2 Å². The van der Waals surface area contributed by atoms with Crippen molar-refractivity contribution in [1.29, 1.82) is 0 Å². The van der Waals surface area contributed by atoms with Crippen molar-refractivity contribution in [3.8, 4) is 0 Å². The lowest BCUT2D eigenvalue weighted by Crippen LogP contribution is -2.19. The number of nitrogens with one attached hydrogen (secondary N) is 1. The maximum atomic E-state index is 5.69. The molecule has 1 rings (SSSR count). The van der Waals surface area contributed by atoms with Crippen LogP contribution >= 0.6 is 12.2 Å². The molecule has 0 aliphatic carbocycles. The van der Waals surface area contributed by atoms with Crippen molar-refractivity contribution in [3.05, 3.63) is 29.3 Å². The van der Waals surface area contributed by atoms with Crippen LogP contribution in [-0.4, -0.2) is 11.0 Å². The molecule has 2 nitrogen and oxygen atoms in total. The quantitative estimate of drug-likeness (QED) is 0.769. The van der Waals surface area contributed by atoms with Crippen molar-refractivity contribution < 1.29 is 0 Å². The lowest BCUT2D eigenvalue weighted by Gasteiger charge is -2.18. The van der Waals surface area contributed by atoms with Gasteiger partial charge in [-0.15, -0.1) is 0 Å². The van der Waals surface area contributed by atoms with E-state index in [9.17, 15) is 0 Å². The lowest BCUT2D eigenvalue weighted by atomic mass is 10.1. The second-order valence-corrected chi connectivity index (χ2v) is 4.26. The average molecular weight is 222 g/mol. The van der Waals surface area contributed by atoms with Gasteiger partial charge in [0.1, 0.15) is 4.99 Å². The molecule has 0 spiro atoms. The minimum absolute atomic E-state index is 0.430. The van der Waals surface area contributed by atoms with Gasteiger partial charge in [0, 0.05) is 17.3 Å². The maximum Gasteiger partial charge on any atom is 0.106 e. The Balaban J connectivity index is 3.07. The van der Waals surface area contributed by atoms with E-state index in [4.69, 9.17) is 18.0 Å². The molecule has 0 saturated heterocycles. The van der Waals surface area contributed by atoms with Crippen LogP contribution in [-0.2, 0) is 0 Å². The van der Waals surface area contributed by atoms with E-state index in [1.165, 1.54) is 5.56 Å². The van der Waals surface area contributed by atoms with E-state index in [0.717, 1.165) is 17.7 Å². The fraction of sp³-hybridized carbons (Fsp3) is 0.417. The van der Waals surface area contributed by atoms with Crippen LogP contribution in [0.25, 0.3) is 0 Å². The largest absolute Gasteiger partial charge is 0.389 e. The molecule has 3 N–H and O–H groups in total. The first-order chi connectivity index (χ1) is 7.06. The molecule has 1 aromatic rings. The summed E-state index contributed by atoms with van der Waals surface area (Å²) in [6.45, 7) is 6.36. The maximum absolute atomic E-state index is 5.69. The number of anilines is 1. The highest BCUT2D eigenvalue weighted by molar-refractivity contribution is 7.80. The zero-order valence-electron chi connectivity index (χ0n) is 9.50. The summed E-state index contributed by atoms with van der Waals surface area (Å²) in [6, 6.07) is 6.43. The van der Waals surface area contributed by atoms with Gasteiger partial charge in [-0.05, 0) is 31.9 Å². The van der Waals surface area contributed by atoms with Crippen LogP contribution in [0.4, 0.5) is 5.69 Å². The van der Waals surface area contributed by atoms with Crippen molar-refractivity contribution in [1.82, 2.24) is 0 Å². The molecule has 0 bridgehead atoms. The second-order valence-electron chi connectivity index (χ2n) is 3.82. The summed E-state index contributed by atoms with van der Waals surface area (Å²) in [5.74, 6) is 0. The van der Waals surface area contributed by atoms with Crippen LogP contribution in [0.15, 0.2) is 18.2 Å². The van der Waals surface area contributed by atoms with Gasteiger partial charge in [0.15, 0.2) is 0 Å². The second kappa shape index (κ2) is 5.12. The molecule has 3 heteroatoms. The molecule has 15 heavy (non-hydrogen) atoms. The molecule has 0 radical (unpaired) electrons. The van der Waals surface area contributed by atoms with E-state index in [0.29, 0.717) is 11.0 Å². The van der Waals surface area contributed by atoms with E-state index in [1.54, 1.807) is 0 Å². The molecular weight excluding hydrogens is 204 g/mol. The SMILES string of the molecule is CCC(C)Nc1c(C)cccc1C(N)=S. The normalized spacial score (nSPS) is 12.2. The summed E-state index contributed by atoms with van der Waals surface area (Å²) in [5.41, 5.74) is 8.88. The summed E-state index contributed by atoms with van der Waals surface area (Å²) in [4.78, 5) is 0.449. The fourth-order valence-corrected chi connectivity index (χ4v) is 1.58. The van der Waals surface area contributed by atoms with Crippen LogP contribution in [0.1, 0.15) is 31.4 Å². The molecule has 0 aliphatic rings. The molecular formula is C12H18N2S. The zero-order chi connectivity index (χ0) is 11.4. The van der Waals surface area contributed by atoms with Gasteiger partial charge in [-0.1, -0.05) is 31.3 Å². The first kappa shape index (κ1) is 12.0. The van der Waals surface area contributed by atoms with Crippen molar-refractivity contribution in [3.63, 3.8) is 0 Å². The molecule has 0 amide bonds. The van der Waals surface area contributed by atoms with Crippen LogP contribution in [0.3, 0.4) is 0 Å². The van der Waals surface area contributed by atoms with Gasteiger partial charge in [-0.2, -0.15) is 0 Å². The van der Waals surface area contributed by atoms with E-state index in [-0.39, 0.29) is 0 Å². The lowest BCUT2D eigenvalue weighted by molar-refractivity contribution is 0.763. The molecule has 82 valence electrons. The fourth-order valence-electron chi connectivity index (χ4n) is 1.41. The Labute approximate surface area is 96.9 Å². The molecule has 0 aliphatic heterocycles. The highest BCUT2D eigenvalue weighted by Crippen LogP contribution is 2.21. The molecule has 0 fully saturated rings. The number of para-hydroxylation sites is 1. The minimum Gasteiger partial charge on any atom is -0.389 e. The molecule has 0 heterocycles. The van der Waals surface area contributed by atoms with Crippen molar-refractivity contribution in [2.75, 3.05) is 5.32 Å². The average Bonchev–Trinajstić information content (AvgIpc) is 2.20. The highest BCUT2D eigenvalue weighted by Gasteiger charge is 2.09. The first-order valence-electron chi connectivity index (χ1n) is 5.22. The van der Waals surface area contributed by atoms with E-state index in [2.05, 4.69) is 32.2 Å². The number of benzene rings is 1. The van der Waals surface area contributed by atoms with Gasteiger partial charge in [-0.3, -0.25) is 0 Å². The predicted octanol–water partition coefficient (Wildman–Crippen LogP) is 2.84. The topological polar surface area (TPSA) is 38.0 Å². The third-order valence-corrected chi connectivity index (χ3v) is 2.76. The van der Waals surface area contributed by atoms with Crippen LogP contribution in [0, 0.1) is 6.92 Å². The molecule has 0 aromatic heterocycles. The van der Waals surface area contributed by atoms with Crippen molar-refractivity contribution >= 4 is 22.9 Å². The van der Waals surface area contributed by atoms with Crippen molar-refractivity contribution in [2.24, 2.45) is 5.73 Å². The summed E-state index contributed by atoms with van der Waals surface area (Å²) >= 11 is 5.04. The third-order valence-electron chi connectivity index (χ3n) is 2.54. The Kier molecular flexibility index (Phi) is 4.09. The number of nitrogens with two attached hydrogens (primary N) is 1. The number of rotatable bonds is 4. The summed E-state index contributed by atoms with van der Waals surface area (Å²) in [6.07, 6.45) is 1.07.